The van der Waals surface area contributed by atoms with Gasteiger partial charge in [-0.25, -0.2) is 0 Å². The lowest BCUT2D eigenvalue weighted by atomic mass is 10.0. The molecule has 1 heterocycles. The van der Waals surface area contributed by atoms with Crippen LogP contribution >= 0.6 is 31.9 Å². The third-order valence-electron chi connectivity index (χ3n) is 4.14. The van der Waals surface area contributed by atoms with Crippen molar-refractivity contribution in [2.45, 2.75) is 32.4 Å². The summed E-state index contributed by atoms with van der Waals surface area (Å²) in [4.78, 5) is 2.51. The standard InChI is InChI=1S/C16H24Br2N2O/c1-12(14-5-4-13(17)10-15(14)18)19-11-16(2,3)20-6-8-21-9-7-20/h4-5,10,12,19H,6-9,11H2,1-3H3. The van der Waals surface area contributed by atoms with E-state index >= 15 is 0 Å². The SMILES string of the molecule is CC(NCC(C)(C)N1CCOCC1)c1ccc(Br)cc1Br. The fraction of sp³-hybridized carbons (Fsp3) is 0.625. The molecular weight excluding hydrogens is 396 g/mol. The van der Waals surface area contributed by atoms with Gasteiger partial charge in [-0.15, -0.1) is 0 Å². The van der Waals surface area contributed by atoms with Crippen LogP contribution in [0.1, 0.15) is 32.4 Å². The number of benzene rings is 1. The van der Waals surface area contributed by atoms with Crippen LogP contribution in [0.5, 0.6) is 0 Å². The lowest BCUT2D eigenvalue weighted by Gasteiger charge is -2.41. The molecule has 1 aromatic rings. The van der Waals surface area contributed by atoms with Crippen molar-refractivity contribution in [1.82, 2.24) is 10.2 Å². The van der Waals surface area contributed by atoms with E-state index in [4.69, 9.17) is 4.74 Å². The van der Waals surface area contributed by atoms with Crippen LogP contribution in [0.3, 0.4) is 0 Å². The number of hydrogen-bond acceptors (Lipinski definition) is 3. The molecule has 1 aromatic carbocycles. The molecule has 0 amide bonds. The van der Waals surface area contributed by atoms with Gasteiger partial charge >= 0.3 is 0 Å². The second-order valence-corrected chi connectivity index (χ2v) is 7.95. The highest BCUT2D eigenvalue weighted by Gasteiger charge is 2.28. The average Bonchev–Trinajstić information content (AvgIpc) is 2.46. The number of hydrogen-bond donors (Lipinski definition) is 1. The average molecular weight is 420 g/mol. The Hall–Kier alpha value is 0.0600. The summed E-state index contributed by atoms with van der Waals surface area (Å²) in [7, 11) is 0. The van der Waals surface area contributed by atoms with E-state index in [9.17, 15) is 0 Å². The van der Waals surface area contributed by atoms with Gasteiger partial charge in [0, 0.05) is 40.2 Å². The summed E-state index contributed by atoms with van der Waals surface area (Å²) in [5, 5.41) is 3.67. The molecule has 21 heavy (non-hydrogen) atoms. The Balaban J connectivity index is 1.94. The summed E-state index contributed by atoms with van der Waals surface area (Å²) in [6.45, 7) is 11.5. The van der Waals surface area contributed by atoms with Crippen LogP contribution in [-0.4, -0.2) is 43.3 Å². The number of halogens is 2. The quantitative estimate of drug-likeness (QED) is 0.781. The van der Waals surface area contributed by atoms with Gasteiger partial charge in [-0.05, 0) is 38.5 Å². The molecule has 1 aliphatic rings. The number of ether oxygens (including phenoxy) is 1. The molecule has 0 saturated carbocycles. The highest BCUT2D eigenvalue weighted by atomic mass is 79.9. The topological polar surface area (TPSA) is 24.5 Å². The van der Waals surface area contributed by atoms with Crippen LogP contribution in [0.15, 0.2) is 27.1 Å². The Kier molecular flexibility index (Phi) is 6.26. The van der Waals surface area contributed by atoms with Crippen molar-refractivity contribution in [3.63, 3.8) is 0 Å². The highest BCUT2D eigenvalue weighted by molar-refractivity contribution is 9.11. The van der Waals surface area contributed by atoms with Crippen molar-refractivity contribution in [2.24, 2.45) is 0 Å². The molecule has 118 valence electrons. The molecule has 1 N–H and O–H groups in total. The van der Waals surface area contributed by atoms with Crippen LogP contribution in [0.4, 0.5) is 0 Å². The van der Waals surface area contributed by atoms with Crippen LogP contribution in [0.2, 0.25) is 0 Å². The Bertz CT molecular complexity index is 473. The van der Waals surface area contributed by atoms with Gasteiger partial charge in [0.1, 0.15) is 0 Å². The van der Waals surface area contributed by atoms with Gasteiger partial charge in [0.15, 0.2) is 0 Å². The molecule has 1 aliphatic heterocycles. The Morgan fingerprint density at radius 1 is 1.29 bits per heavy atom. The molecular formula is C16H24Br2N2O. The van der Waals surface area contributed by atoms with Crippen molar-refractivity contribution in [1.29, 1.82) is 0 Å². The first-order valence-electron chi connectivity index (χ1n) is 7.41. The summed E-state index contributed by atoms with van der Waals surface area (Å²) in [6, 6.07) is 6.66. The smallest absolute Gasteiger partial charge is 0.0594 e. The molecule has 0 radical (unpaired) electrons. The second-order valence-electron chi connectivity index (χ2n) is 6.18. The Labute approximate surface area is 144 Å². The molecule has 1 saturated heterocycles. The van der Waals surface area contributed by atoms with Crippen LogP contribution < -0.4 is 5.32 Å². The monoisotopic (exact) mass is 418 g/mol. The van der Waals surface area contributed by atoms with Crippen LogP contribution in [0, 0.1) is 0 Å². The van der Waals surface area contributed by atoms with Gasteiger partial charge < -0.3 is 10.1 Å². The molecule has 1 unspecified atom stereocenters. The van der Waals surface area contributed by atoms with Crippen molar-refractivity contribution < 1.29 is 4.74 Å². The maximum atomic E-state index is 5.44. The van der Waals surface area contributed by atoms with E-state index in [0.717, 1.165) is 41.8 Å². The maximum Gasteiger partial charge on any atom is 0.0594 e. The number of morpholine rings is 1. The van der Waals surface area contributed by atoms with Gasteiger partial charge in [0.05, 0.1) is 13.2 Å². The minimum Gasteiger partial charge on any atom is -0.379 e. The van der Waals surface area contributed by atoms with Gasteiger partial charge in [0.25, 0.3) is 0 Å². The van der Waals surface area contributed by atoms with Gasteiger partial charge in [-0.1, -0.05) is 37.9 Å². The van der Waals surface area contributed by atoms with E-state index < -0.39 is 0 Å². The molecule has 2 rings (SSSR count). The molecule has 1 fully saturated rings. The van der Waals surface area contributed by atoms with E-state index in [0.29, 0.717) is 6.04 Å². The maximum absolute atomic E-state index is 5.44. The van der Waals surface area contributed by atoms with E-state index in [2.05, 4.69) is 81.0 Å². The lowest BCUT2D eigenvalue weighted by Crippen LogP contribution is -2.54. The predicted molar refractivity (Wildman–Crippen MR) is 94.7 cm³/mol. The first-order chi connectivity index (χ1) is 9.90. The zero-order valence-corrected chi connectivity index (χ0v) is 16.1. The van der Waals surface area contributed by atoms with Crippen molar-refractivity contribution in [2.75, 3.05) is 32.8 Å². The first kappa shape index (κ1) is 17.4. The summed E-state index contributed by atoms with van der Waals surface area (Å²) in [5.74, 6) is 0. The molecule has 0 aliphatic carbocycles. The fourth-order valence-corrected chi connectivity index (χ4v) is 4.04. The predicted octanol–water partition coefficient (Wildman–Crippen LogP) is 3.97. The van der Waals surface area contributed by atoms with E-state index in [-0.39, 0.29) is 5.54 Å². The van der Waals surface area contributed by atoms with Crippen molar-refractivity contribution in [3.05, 3.63) is 32.7 Å². The molecule has 1 atom stereocenters. The molecule has 0 bridgehead atoms. The number of nitrogens with one attached hydrogen (secondary N) is 1. The largest absolute Gasteiger partial charge is 0.379 e. The molecule has 0 spiro atoms. The van der Waals surface area contributed by atoms with Crippen LogP contribution in [0.25, 0.3) is 0 Å². The lowest BCUT2D eigenvalue weighted by molar-refractivity contribution is -0.0102. The van der Waals surface area contributed by atoms with Gasteiger partial charge in [-0.2, -0.15) is 0 Å². The third-order valence-corrected chi connectivity index (χ3v) is 5.32. The Morgan fingerprint density at radius 2 is 1.95 bits per heavy atom. The molecule has 5 heteroatoms. The van der Waals surface area contributed by atoms with Gasteiger partial charge in [0.2, 0.25) is 0 Å². The van der Waals surface area contributed by atoms with Crippen molar-refractivity contribution in [3.8, 4) is 0 Å². The third kappa shape index (κ3) is 4.76. The zero-order chi connectivity index (χ0) is 15.5. The first-order valence-corrected chi connectivity index (χ1v) is 9.00. The summed E-state index contributed by atoms with van der Waals surface area (Å²) in [5.41, 5.74) is 1.43. The minimum absolute atomic E-state index is 0.139. The minimum atomic E-state index is 0.139. The number of rotatable bonds is 5. The molecule has 3 nitrogen and oxygen atoms in total. The summed E-state index contributed by atoms with van der Waals surface area (Å²) >= 11 is 7.15. The number of nitrogens with zero attached hydrogens (tertiary/aromatic N) is 1. The second kappa shape index (κ2) is 7.55. The summed E-state index contributed by atoms with van der Waals surface area (Å²) in [6.07, 6.45) is 0. The Morgan fingerprint density at radius 3 is 2.57 bits per heavy atom. The van der Waals surface area contributed by atoms with E-state index in [1.54, 1.807) is 0 Å². The van der Waals surface area contributed by atoms with Crippen LogP contribution in [-0.2, 0) is 4.74 Å². The fourth-order valence-electron chi connectivity index (χ4n) is 2.65. The zero-order valence-electron chi connectivity index (χ0n) is 13.0. The summed E-state index contributed by atoms with van der Waals surface area (Å²) < 4.78 is 7.68. The van der Waals surface area contributed by atoms with E-state index in [1.807, 2.05) is 0 Å². The van der Waals surface area contributed by atoms with Gasteiger partial charge in [-0.3, -0.25) is 4.90 Å². The van der Waals surface area contributed by atoms with Crippen molar-refractivity contribution >= 4 is 31.9 Å². The highest BCUT2D eigenvalue weighted by Crippen LogP contribution is 2.27. The van der Waals surface area contributed by atoms with E-state index in [1.165, 1.54) is 5.56 Å². The molecule has 0 aromatic heterocycles. The normalized spacial score (nSPS) is 18.7.